The van der Waals surface area contributed by atoms with Gasteiger partial charge in [0.05, 0.1) is 6.04 Å². The monoisotopic (exact) mass is 282 g/mol. The Bertz CT molecular complexity index is 580. The lowest BCUT2D eigenvalue weighted by Crippen LogP contribution is -2.15. The molecule has 0 amide bonds. The molecule has 1 atom stereocenters. The molecule has 0 radical (unpaired) electrons. The maximum absolute atomic E-state index is 8.97. The van der Waals surface area contributed by atoms with Crippen molar-refractivity contribution in [2.45, 2.75) is 25.4 Å². The zero-order valence-corrected chi connectivity index (χ0v) is 12.2. The summed E-state index contributed by atoms with van der Waals surface area (Å²) in [6.45, 7) is 2.17. The molecule has 0 saturated heterocycles. The second-order valence-electron chi connectivity index (χ2n) is 5.53. The Balaban J connectivity index is 1.77. The largest absolute Gasteiger partial charge is 0.396 e. The molecule has 0 bridgehead atoms. The summed E-state index contributed by atoms with van der Waals surface area (Å²) in [5.41, 5.74) is 5.08. The van der Waals surface area contributed by atoms with Crippen LogP contribution in [0.1, 0.15) is 29.2 Å². The van der Waals surface area contributed by atoms with Crippen molar-refractivity contribution in [1.82, 2.24) is 5.32 Å². The maximum Gasteiger partial charge on any atom is 0.0529 e. The highest BCUT2D eigenvalue weighted by Crippen LogP contribution is 2.27. The van der Waals surface area contributed by atoms with E-state index in [1.807, 2.05) is 0 Å². The molecule has 3 N–H and O–H groups in total. The lowest BCUT2D eigenvalue weighted by atomic mass is 9.99. The molecule has 0 fully saturated rings. The fourth-order valence-corrected chi connectivity index (χ4v) is 2.91. The zero-order chi connectivity index (χ0) is 14.5. The molecule has 0 spiro atoms. The van der Waals surface area contributed by atoms with Gasteiger partial charge in [0.1, 0.15) is 0 Å². The number of anilines is 1. The molecule has 1 aliphatic heterocycles. The topological polar surface area (TPSA) is 44.3 Å². The predicted molar refractivity (Wildman–Crippen MR) is 86.4 cm³/mol. The van der Waals surface area contributed by atoms with Gasteiger partial charge in [0, 0.05) is 18.8 Å². The minimum absolute atomic E-state index is 0.203. The van der Waals surface area contributed by atoms with Gasteiger partial charge >= 0.3 is 0 Å². The van der Waals surface area contributed by atoms with Gasteiger partial charge < -0.3 is 15.7 Å². The van der Waals surface area contributed by atoms with E-state index in [0.717, 1.165) is 31.6 Å². The third-order valence-corrected chi connectivity index (χ3v) is 4.05. The normalized spacial score (nSPS) is 17.9. The molecule has 2 aromatic carbocycles. The predicted octanol–water partition coefficient (Wildman–Crippen LogP) is 2.87. The first kappa shape index (κ1) is 14.1. The molecule has 0 aromatic heterocycles. The lowest BCUT2D eigenvalue weighted by molar-refractivity contribution is 0.299. The highest BCUT2D eigenvalue weighted by Gasteiger charge is 2.17. The number of hydrogen-bond donors (Lipinski definition) is 3. The van der Waals surface area contributed by atoms with E-state index >= 15 is 0 Å². The van der Waals surface area contributed by atoms with E-state index in [0.29, 0.717) is 6.04 Å². The average Bonchev–Trinajstić information content (AvgIpc) is 2.72. The number of hydrogen-bond acceptors (Lipinski definition) is 3. The van der Waals surface area contributed by atoms with Crippen LogP contribution in [0.15, 0.2) is 48.5 Å². The van der Waals surface area contributed by atoms with E-state index in [9.17, 15) is 0 Å². The van der Waals surface area contributed by atoms with Gasteiger partial charge in [-0.1, -0.05) is 36.4 Å². The first-order valence-corrected chi connectivity index (χ1v) is 7.61. The summed E-state index contributed by atoms with van der Waals surface area (Å²) in [6.07, 6.45) is 1.80. The molecule has 1 aliphatic rings. The summed E-state index contributed by atoms with van der Waals surface area (Å²) in [5, 5.41) is 16.1. The van der Waals surface area contributed by atoms with E-state index in [2.05, 4.69) is 59.2 Å². The summed E-state index contributed by atoms with van der Waals surface area (Å²) in [5.74, 6) is 0. The van der Waals surface area contributed by atoms with Crippen LogP contribution in [0.25, 0.3) is 0 Å². The van der Waals surface area contributed by atoms with Crippen molar-refractivity contribution in [3.8, 4) is 0 Å². The van der Waals surface area contributed by atoms with Crippen molar-refractivity contribution in [2.24, 2.45) is 0 Å². The van der Waals surface area contributed by atoms with Gasteiger partial charge in [0.15, 0.2) is 0 Å². The molecular formula is C18H22N2O. The molecule has 3 nitrogen and oxygen atoms in total. The summed E-state index contributed by atoms with van der Waals surface area (Å²) >= 11 is 0. The fraction of sp³-hybridized carbons (Fsp3) is 0.333. The molecule has 1 heterocycles. The van der Waals surface area contributed by atoms with Crippen LogP contribution in [0.4, 0.5) is 5.69 Å². The Hall–Kier alpha value is -1.84. The van der Waals surface area contributed by atoms with Gasteiger partial charge in [-0.2, -0.15) is 0 Å². The van der Waals surface area contributed by atoms with Crippen molar-refractivity contribution in [3.63, 3.8) is 0 Å². The standard InChI is InChI=1S/C18H22N2O/c21-12-10-14-5-7-16(8-6-14)20-18-9-11-19-13-15-3-1-2-4-17(15)18/h1-8,18-21H,9-13H2. The highest BCUT2D eigenvalue weighted by molar-refractivity contribution is 5.48. The summed E-state index contributed by atoms with van der Waals surface area (Å²) in [6, 6.07) is 17.4. The van der Waals surface area contributed by atoms with Crippen molar-refractivity contribution < 1.29 is 5.11 Å². The smallest absolute Gasteiger partial charge is 0.0529 e. The molecule has 110 valence electrons. The van der Waals surface area contributed by atoms with Gasteiger partial charge in [-0.05, 0) is 48.2 Å². The van der Waals surface area contributed by atoms with Gasteiger partial charge in [-0.15, -0.1) is 0 Å². The van der Waals surface area contributed by atoms with Crippen molar-refractivity contribution >= 4 is 5.69 Å². The van der Waals surface area contributed by atoms with E-state index < -0.39 is 0 Å². The first-order chi connectivity index (χ1) is 10.4. The van der Waals surface area contributed by atoms with Crippen molar-refractivity contribution in [3.05, 3.63) is 65.2 Å². The number of aliphatic hydroxyl groups excluding tert-OH is 1. The molecule has 21 heavy (non-hydrogen) atoms. The van der Waals surface area contributed by atoms with Crippen LogP contribution in [0.2, 0.25) is 0 Å². The summed E-state index contributed by atoms with van der Waals surface area (Å²) < 4.78 is 0. The lowest BCUT2D eigenvalue weighted by Gasteiger charge is -2.20. The Labute approximate surface area is 126 Å². The van der Waals surface area contributed by atoms with E-state index in [1.165, 1.54) is 16.7 Å². The van der Waals surface area contributed by atoms with Crippen molar-refractivity contribution in [1.29, 1.82) is 0 Å². The Morgan fingerprint density at radius 1 is 1.10 bits per heavy atom. The summed E-state index contributed by atoms with van der Waals surface area (Å²) in [7, 11) is 0. The third-order valence-electron chi connectivity index (χ3n) is 4.05. The van der Waals surface area contributed by atoms with Crippen LogP contribution >= 0.6 is 0 Å². The van der Waals surface area contributed by atoms with Crippen LogP contribution in [-0.4, -0.2) is 18.3 Å². The van der Waals surface area contributed by atoms with Crippen LogP contribution in [-0.2, 0) is 13.0 Å². The van der Waals surface area contributed by atoms with Crippen molar-refractivity contribution in [2.75, 3.05) is 18.5 Å². The Kier molecular flexibility index (Phi) is 4.53. The molecule has 0 aliphatic carbocycles. The van der Waals surface area contributed by atoms with Crippen LogP contribution < -0.4 is 10.6 Å². The average molecular weight is 282 g/mol. The molecule has 2 aromatic rings. The van der Waals surface area contributed by atoms with E-state index in [4.69, 9.17) is 5.11 Å². The first-order valence-electron chi connectivity index (χ1n) is 7.61. The maximum atomic E-state index is 8.97. The molecule has 3 rings (SSSR count). The number of rotatable bonds is 4. The minimum atomic E-state index is 0.203. The second kappa shape index (κ2) is 6.74. The van der Waals surface area contributed by atoms with Gasteiger partial charge in [-0.25, -0.2) is 0 Å². The van der Waals surface area contributed by atoms with E-state index in [-0.39, 0.29) is 6.61 Å². The second-order valence-corrected chi connectivity index (χ2v) is 5.53. The Morgan fingerprint density at radius 3 is 2.71 bits per heavy atom. The molecule has 0 saturated carbocycles. The summed E-state index contributed by atoms with van der Waals surface area (Å²) in [4.78, 5) is 0. The number of benzene rings is 2. The van der Waals surface area contributed by atoms with E-state index in [1.54, 1.807) is 0 Å². The third kappa shape index (κ3) is 3.43. The number of nitrogens with one attached hydrogen (secondary N) is 2. The van der Waals surface area contributed by atoms with Crippen LogP contribution in [0.5, 0.6) is 0 Å². The van der Waals surface area contributed by atoms with Crippen LogP contribution in [0.3, 0.4) is 0 Å². The molecular weight excluding hydrogens is 260 g/mol. The van der Waals surface area contributed by atoms with Gasteiger partial charge in [-0.3, -0.25) is 0 Å². The molecule has 1 unspecified atom stereocenters. The number of fused-ring (bicyclic) bond motifs is 1. The van der Waals surface area contributed by atoms with Crippen LogP contribution in [0, 0.1) is 0 Å². The highest BCUT2D eigenvalue weighted by atomic mass is 16.2. The SMILES string of the molecule is OCCc1ccc(NC2CCNCc3ccccc32)cc1. The molecule has 3 heteroatoms. The number of aliphatic hydroxyl groups is 1. The fourth-order valence-electron chi connectivity index (χ4n) is 2.91. The quantitative estimate of drug-likeness (QED) is 0.808. The minimum Gasteiger partial charge on any atom is -0.396 e. The van der Waals surface area contributed by atoms with Gasteiger partial charge in [0.2, 0.25) is 0 Å². The zero-order valence-electron chi connectivity index (χ0n) is 12.2. The Morgan fingerprint density at radius 2 is 1.90 bits per heavy atom. The van der Waals surface area contributed by atoms with Gasteiger partial charge in [0.25, 0.3) is 0 Å².